The predicted octanol–water partition coefficient (Wildman–Crippen LogP) is 5.47. The Balaban J connectivity index is 1.35. The second-order valence-electron chi connectivity index (χ2n) is 8.77. The van der Waals surface area contributed by atoms with Crippen LogP contribution >= 0.6 is 11.3 Å². The van der Waals surface area contributed by atoms with E-state index in [1.807, 2.05) is 22.9 Å². The Morgan fingerprint density at radius 2 is 2.12 bits per heavy atom. The van der Waals surface area contributed by atoms with E-state index in [2.05, 4.69) is 45.3 Å². The van der Waals surface area contributed by atoms with Crippen LogP contribution in [-0.4, -0.2) is 25.7 Å². The molecule has 0 bridgehead atoms. The van der Waals surface area contributed by atoms with Crippen molar-refractivity contribution in [3.05, 3.63) is 78.3 Å². The zero-order valence-electron chi connectivity index (χ0n) is 17.4. The number of thiazole rings is 1. The van der Waals surface area contributed by atoms with Gasteiger partial charge in [-0.3, -0.25) is 14.5 Å². The monoisotopic (exact) mass is 455 g/mol. The minimum Gasteiger partial charge on any atom is -0.302 e. The number of hydrogen-bond acceptors (Lipinski definition) is 4. The van der Waals surface area contributed by atoms with Gasteiger partial charge in [-0.2, -0.15) is 5.10 Å². The smallest absolute Gasteiger partial charge is 0.229 e. The summed E-state index contributed by atoms with van der Waals surface area (Å²) in [6.07, 6.45) is 10.2. The molecule has 3 aromatic heterocycles. The van der Waals surface area contributed by atoms with Gasteiger partial charge >= 0.3 is 0 Å². The summed E-state index contributed by atoms with van der Waals surface area (Å²) in [4.78, 5) is 16.7. The Morgan fingerprint density at radius 3 is 2.85 bits per heavy atom. The van der Waals surface area contributed by atoms with E-state index in [1.54, 1.807) is 12.1 Å². The van der Waals surface area contributed by atoms with Crippen LogP contribution in [0, 0.1) is 17.2 Å². The van der Waals surface area contributed by atoms with Crippen LogP contribution in [-0.2, 0) is 4.79 Å². The molecule has 3 aliphatic rings. The molecule has 1 saturated carbocycles. The second-order valence-corrected chi connectivity index (χ2v) is 9.77. The number of carbonyl (C=O) groups excluding carboxylic acids is 1. The van der Waals surface area contributed by atoms with Crippen LogP contribution in [0.1, 0.15) is 18.4 Å². The first kappa shape index (κ1) is 18.8. The lowest BCUT2D eigenvalue weighted by Crippen LogP contribution is -2.14. The fourth-order valence-corrected chi connectivity index (χ4v) is 5.25. The molecule has 0 unspecified atom stereocenters. The van der Waals surface area contributed by atoms with Crippen LogP contribution < -0.4 is 5.32 Å². The number of aromatic amines is 1. The molecule has 3 aliphatic carbocycles. The molecule has 4 aromatic rings. The number of H-pyrrole nitrogens is 1. The molecule has 1 fully saturated rings. The molecular weight excluding hydrogens is 437 g/mol. The van der Waals surface area contributed by atoms with Gasteiger partial charge in [-0.15, -0.1) is 0 Å². The molecule has 162 valence electrons. The number of rotatable bonds is 5. The van der Waals surface area contributed by atoms with Gasteiger partial charge in [-0.05, 0) is 42.2 Å². The number of allylic oxidation sites excluding steroid dienone is 5. The maximum absolute atomic E-state index is 14.8. The van der Waals surface area contributed by atoms with E-state index >= 15 is 0 Å². The van der Waals surface area contributed by atoms with Crippen molar-refractivity contribution in [1.29, 1.82) is 0 Å². The van der Waals surface area contributed by atoms with Crippen molar-refractivity contribution in [2.45, 2.75) is 12.8 Å². The van der Waals surface area contributed by atoms with Crippen molar-refractivity contribution in [1.82, 2.24) is 19.7 Å². The molecule has 0 atom stereocenters. The van der Waals surface area contributed by atoms with E-state index in [0.29, 0.717) is 27.9 Å². The number of anilines is 1. The molecule has 0 saturated heterocycles. The number of fused-ring (bicyclic) bond motifs is 1. The summed E-state index contributed by atoms with van der Waals surface area (Å²) in [7, 11) is 0. The zero-order chi connectivity index (χ0) is 22.3. The number of nitrogens with zero attached hydrogens (tertiary/aromatic N) is 3. The number of benzene rings is 1. The summed E-state index contributed by atoms with van der Waals surface area (Å²) < 4.78 is 17.5. The highest BCUT2D eigenvalue weighted by atomic mass is 32.1. The van der Waals surface area contributed by atoms with Gasteiger partial charge in [-0.1, -0.05) is 48.3 Å². The first-order chi connectivity index (χ1) is 16.0. The van der Waals surface area contributed by atoms with Crippen LogP contribution in [0.2, 0.25) is 0 Å². The van der Waals surface area contributed by atoms with E-state index in [1.165, 1.54) is 17.4 Å². The largest absolute Gasteiger partial charge is 0.302 e. The zero-order valence-corrected chi connectivity index (χ0v) is 18.2. The van der Waals surface area contributed by atoms with Gasteiger partial charge in [-0.25, -0.2) is 9.37 Å². The SMILES string of the molecule is C=C1C(c2cc(-c3ccccc3F)n(-c3n[nH]c4nc(NC(=O)C5CC5)sc34)c2)=CC12C=C2. The van der Waals surface area contributed by atoms with E-state index in [-0.39, 0.29) is 23.1 Å². The van der Waals surface area contributed by atoms with Gasteiger partial charge in [0.2, 0.25) is 5.91 Å². The van der Waals surface area contributed by atoms with Crippen molar-refractivity contribution >= 4 is 38.3 Å². The quantitative estimate of drug-likeness (QED) is 0.392. The van der Waals surface area contributed by atoms with Gasteiger partial charge in [0, 0.05) is 23.2 Å². The molecule has 2 N–H and O–H groups in total. The minimum atomic E-state index is -0.307. The van der Waals surface area contributed by atoms with Crippen LogP contribution in [0.15, 0.2) is 66.9 Å². The first-order valence-corrected chi connectivity index (χ1v) is 11.6. The number of nitrogens with one attached hydrogen (secondary N) is 2. The van der Waals surface area contributed by atoms with Crippen molar-refractivity contribution in [3.8, 4) is 17.1 Å². The van der Waals surface area contributed by atoms with Crippen LogP contribution in [0.4, 0.5) is 9.52 Å². The van der Waals surface area contributed by atoms with E-state index < -0.39 is 0 Å². The molecular formula is C25H18FN5OS. The lowest BCUT2D eigenvalue weighted by molar-refractivity contribution is -0.117. The lowest BCUT2D eigenvalue weighted by Gasteiger charge is -2.28. The highest BCUT2D eigenvalue weighted by molar-refractivity contribution is 7.22. The topological polar surface area (TPSA) is 75.6 Å². The molecule has 0 aliphatic heterocycles. The third kappa shape index (κ3) is 2.80. The first-order valence-electron chi connectivity index (χ1n) is 10.8. The summed E-state index contributed by atoms with van der Waals surface area (Å²) in [5.41, 5.74) is 4.77. The van der Waals surface area contributed by atoms with Gasteiger partial charge in [0.1, 0.15) is 10.5 Å². The van der Waals surface area contributed by atoms with E-state index in [0.717, 1.165) is 34.3 Å². The minimum absolute atomic E-state index is 0.00857. The third-order valence-corrected chi connectivity index (χ3v) is 7.51. The summed E-state index contributed by atoms with van der Waals surface area (Å²) in [5.74, 6) is 0.411. The highest BCUT2D eigenvalue weighted by Gasteiger charge is 2.44. The molecule has 0 radical (unpaired) electrons. The standard InChI is InChI=1S/C25H18FN5OS/c1-13-17(11-25(13)8-9-25)15-10-19(16-4-2-3-5-18(16)26)31(12-15)22-20-21(29-30-22)27-24(33-20)28-23(32)14-6-7-14/h2-5,8-12,14H,1,6-7H2,(H2,27,28,29,30,32). The summed E-state index contributed by atoms with van der Waals surface area (Å²) in [6, 6.07) is 8.68. The number of carbonyl (C=O) groups is 1. The van der Waals surface area contributed by atoms with Gasteiger partial charge in [0.15, 0.2) is 16.6 Å². The maximum Gasteiger partial charge on any atom is 0.229 e. The Hall–Kier alpha value is -3.78. The molecule has 1 spiro atoms. The van der Waals surface area contributed by atoms with Crippen molar-refractivity contribution in [3.63, 3.8) is 0 Å². The number of amides is 1. The number of halogens is 1. The average molecular weight is 456 g/mol. The summed E-state index contributed by atoms with van der Waals surface area (Å²) >= 11 is 1.36. The van der Waals surface area contributed by atoms with Gasteiger partial charge in [0.05, 0.1) is 11.1 Å². The second kappa shape index (κ2) is 6.39. The molecule has 8 heteroatoms. The highest BCUT2D eigenvalue weighted by Crippen LogP contribution is 2.58. The van der Waals surface area contributed by atoms with E-state index in [9.17, 15) is 9.18 Å². The Kier molecular flexibility index (Phi) is 3.63. The predicted molar refractivity (Wildman–Crippen MR) is 127 cm³/mol. The molecule has 1 amide bonds. The number of hydrogen-bond donors (Lipinski definition) is 2. The Bertz CT molecular complexity index is 1560. The molecule has 1 aromatic carbocycles. The molecule has 6 nitrogen and oxygen atoms in total. The average Bonchev–Trinajstić information content (AvgIpc) is 3.70. The van der Waals surface area contributed by atoms with Crippen LogP contribution in [0.3, 0.4) is 0 Å². The normalized spacial score (nSPS) is 18.0. The van der Waals surface area contributed by atoms with Gasteiger partial charge in [0.25, 0.3) is 0 Å². The summed E-state index contributed by atoms with van der Waals surface area (Å²) in [5, 5.41) is 10.9. The molecule has 33 heavy (non-hydrogen) atoms. The summed E-state index contributed by atoms with van der Waals surface area (Å²) in [6.45, 7) is 4.24. The van der Waals surface area contributed by atoms with Crippen molar-refractivity contribution < 1.29 is 9.18 Å². The van der Waals surface area contributed by atoms with Crippen molar-refractivity contribution in [2.24, 2.45) is 11.3 Å². The number of aromatic nitrogens is 4. The maximum atomic E-state index is 14.8. The molecule has 7 rings (SSSR count). The third-order valence-electron chi connectivity index (χ3n) is 6.54. The fourth-order valence-electron chi connectivity index (χ4n) is 4.35. The van der Waals surface area contributed by atoms with Crippen LogP contribution in [0.25, 0.3) is 33.0 Å². The Morgan fingerprint density at radius 1 is 1.30 bits per heavy atom. The van der Waals surface area contributed by atoms with E-state index in [4.69, 9.17) is 0 Å². The van der Waals surface area contributed by atoms with Crippen molar-refractivity contribution in [2.75, 3.05) is 5.32 Å². The van der Waals surface area contributed by atoms with Crippen LogP contribution in [0.5, 0.6) is 0 Å². The van der Waals surface area contributed by atoms with Gasteiger partial charge < -0.3 is 5.32 Å². The lowest BCUT2D eigenvalue weighted by atomic mass is 9.74. The Labute approximate surface area is 192 Å². The fraction of sp³-hybridized carbons (Fsp3) is 0.160. The molecule has 3 heterocycles.